The van der Waals surface area contributed by atoms with Crippen LogP contribution in [0.2, 0.25) is 0 Å². The predicted molar refractivity (Wildman–Crippen MR) is 445 cm³/mol. The zero-order valence-electron chi connectivity index (χ0n) is 57.7. The minimum absolute atomic E-state index is 0.811. The molecule has 0 saturated carbocycles. The second-order valence-corrected chi connectivity index (χ2v) is 27.0. The van der Waals surface area contributed by atoms with E-state index < -0.39 is 0 Å². The van der Waals surface area contributed by atoms with Crippen LogP contribution in [0, 0.1) is 0 Å². The van der Waals surface area contributed by atoms with Crippen LogP contribution in [0.4, 0.5) is 34.1 Å². The Morgan fingerprint density at radius 2 is 0.358 bits per heavy atom. The zero-order valence-corrected chi connectivity index (χ0v) is 57.7. The van der Waals surface area contributed by atoms with E-state index in [1.807, 2.05) is 24.5 Å². The fraction of sp³-hybridized carbons (Fsp3) is 0. The van der Waals surface area contributed by atoms with Crippen LogP contribution in [0.25, 0.3) is 146 Å². The Balaban J connectivity index is 0.543. The second-order valence-electron chi connectivity index (χ2n) is 27.0. The largest absolute Gasteiger partial charge is 0.311 e. The molecule has 0 aliphatic heterocycles. The highest BCUT2D eigenvalue weighted by atomic mass is 15.2. The van der Waals surface area contributed by atoms with E-state index in [1.165, 1.54) is 87.2 Å². The summed E-state index contributed by atoms with van der Waals surface area (Å²) in [6.45, 7) is 0. The number of para-hydroxylation sites is 8. The van der Waals surface area contributed by atoms with Crippen LogP contribution in [0.1, 0.15) is 22.3 Å². The zero-order chi connectivity index (χ0) is 70.0. The molecule has 0 bridgehead atoms. The molecule has 0 unspecified atom stereocenters. The summed E-state index contributed by atoms with van der Waals surface area (Å²) >= 11 is 0. The predicted octanol–water partition coefficient (Wildman–Crippen LogP) is 25.8. The lowest BCUT2D eigenvalue weighted by molar-refractivity contribution is 1.17. The highest BCUT2D eigenvalue weighted by Gasteiger charge is 2.21. The number of rotatable bonds is 15. The third kappa shape index (κ3) is 10.8. The average molecular weight is 1360 g/mol. The van der Waals surface area contributed by atoms with Crippen molar-refractivity contribution in [3.8, 4) is 34.1 Å². The van der Waals surface area contributed by atoms with Gasteiger partial charge in [-0.3, -0.25) is 9.97 Å². The monoisotopic (exact) mass is 1350 g/mol. The molecule has 106 heavy (non-hydrogen) atoms. The van der Waals surface area contributed by atoms with Gasteiger partial charge in [0.05, 0.1) is 55.5 Å². The lowest BCUT2D eigenvalue weighted by atomic mass is 10.1. The molecule has 6 heterocycles. The molecule has 0 saturated heterocycles. The van der Waals surface area contributed by atoms with Gasteiger partial charge in [0, 0.05) is 112 Å². The van der Waals surface area contributed by atoms with Crippen molar-refractivity contribution in [2.24, 2.45) is 0 Å². The van der Waals surface area contributed by atoms with E-state index in [1.54, 1.807) is 0 Å². The van der Waals surface area contributed by atoms with Gasteiger partial charge in [0.25, 0.3) is 0 Å². The molecular weight excluding hydrogens is 1290 g/mol. The number of aromatic nitrogens is 6. The third-order valence-electron chi connectivity index (χ3n) is 20.9. The number of anilines is 6. The van der Waals surface area contributed by atoms with Gasteiger partial charge in [0.15, 0.2) is 0 Å². The Bertz CT molecular complexity index is 5820. The topological polar surface area (TPSA) is 52.0 Å². The Labute approximate surface area is 612 Å². The van der Waals surface area contributed by atoms with Crippen LogP contribution >= 0.6 is 0 Å². The van der Waals surface area contributed by atoms with E-state index in [4.69, 9.17) is 9.97 Å². The van der Waals surface area contributed by atoms with Gasteiger partial charge in [-0.1, -0.05) is 206 Å². The van der Waals surface area contributed by atoms with Crippen LogP contribution < -0.4 is 9.80 Å². The standard InChI is InChI=1S/C98H66N8/c1-9-25-91-81(17-1)82-18-2-10-26-92(82)103(91)77-55-47-73(48-56-77)101(74-49-57-78(58-50-74)104-93-27-11-3-19-83(93)84-20-4-12-28-94(84)104)71-43-37-67(38-44-71)33-35-69-41-63-89(99-65-69)90-64-42-70(66-100-90)36-34-68-39-45-72(46-40-68)102(75-51-59-79(60-52-75)105-95-29-13-5-21-85(95)86-22-6-14-30-96(86)105)76-53-61-80(62-54-76)106-97-31-15-7-23-87(97)88-24-8-16-32-98(88)106/h1-66H/b35-33+,36-34+. The molecule has 8 heteroatoms. The number of hydrogen-bond donors (Lipinski definition) is 0. The highest BCUT2D eigenvalue weighted by molar-refractivity contribution is 6.12. The van der Waals surface area contributed by atoms with Crippen molar-refractivity contribution in [1.29, 1.82) is 0 Å². The Morgan fingerprint density at radius 3 is 0.557 bits per heavy atom. The normalized spacial score (nSPS) is 11.9. The third-order valence-corrected chi connectivity index (χ3v) is 20.9. The second kappa shape index (κ2) is 25.9. The van der Waals surface area contributed by atoms with Gasteiger partial charge >= 0.3 is 0 Å². The van der Waals surface area contributed by atoms with Gasteiger partial charge < -0.3 is 28.1 Å². The maximum absolute atomic E-state index is 4.89. The molecule has 0 N–H and O–H groups in total. The van der Waals surface area contributed by atoms with Crippen LogP contribution in [-0.2, 0) is 0 Å². The first kappa shape index (κ1) is 61.5. The van der Waals surface area contributed by atoms with Crippen molar-refractivity contribution in [2.75, 3.05) is 9.80 Å². The van der Waals surface area contributed by atoms with Gasteiger partial charge in [0.1, 0.15) is 0 Å². The number of hydrogen-bond acceptors (Lipinski definition) is 4. The Kier molecular flexibility index (Phi) is 15.0. The summed E-state index contributed by atoms with van der Waals surface area (Å²) in [5.74, 6) is 0. The molecule has 0 fully saturated rings. The van der Waals surface area contributed by atoms with Crippen molar-refractivity contribution in [1.82, 2.24) is 28.2 Å². The van der Waals surface area contributed by atoms with E-state index in [9.17, 15) is 0 Å². The average Bonchev–Trinajstić information content (AvgIpc) is 1.62. The summed E-state index contributed by atoms with van der Waals surface area (Å²) < 4.78 is 9.48. The summed E-state index contributed by atoms with van der Waals surface area (Å²) in [6, 6.07) is 131. The first-order chi connectivity index (χ1) is 52.6. The van der Waals surface area contributed by atoms with Crippen LogP contribution in [0.5, 0.6) is 0 Å². The first-order valence-corrected chi connectivity index (χ1v) is 36.0. The molecule has 8 nitrogen and oxygen atoms in total. The summed E-state index contributed by atoms with van der Waals surface area (Å²) in [5.41, 5.74) is 26.0. The molecule has 14 aromatic carbocycles. The molecule has 20 rings (SSSR count). The van der Waals surface area contributed by atoms with Crippen molar-refractivity contribution in [2.45, 2.75) is 0 Å². The first-order valence-electron chi connectivity index (χ1n) is 36.0. The molecule has 0 radical (unpaired) electrons. The molecule has 0 aliphatic carbocycles. The van der Waals surface area contributed by atoms with E-state index >= 15 is 0 Å². The minimum atomic E-state index is 0.811. The van der Waals surface area contributed by atoms with Gasteiger partial charge in [-0.2, -0.15) is 0 Å². The maximum atomic E-state index is 4.89. The fourth-order valence-electron chi connectivity index (χ4n) is 15.9. The van der Waals surface area contributed by atoms with Crippen molar-refractivity contribution >= 4 is 146 Å². The fourth-order valence-corrected chi connectivity index (χ4v) is 15.9. The molecule has 0 atom stereocenters. The smallest absolute Gasteiger partial charge is 0.0886 e. The SMILES string of the molecule is C(=C\c1ccc(-c2ccc(/C=C/c3ccc(N(c4ccc(-n5c6ccccc6c6ccccc65)cc4)c4ccc(-n5c6ccccc6c6ccccc65)cc4)cc3)cn2)nc1)/c1ccc(N(c2ccc(-n3c4ccccc4c4ccccc43)cc2)c2ccc(-n3c4ccccc4c4ccccc43)cc2)cc1. The minimum Gasteiger partial charge on any atom is -0.311 e. The van der Waals surface area contributed by atoms with E-state index in [2.05, 4.69) is 404 Å². The molecule has 20 aromatic rings. The number of fused-ring (bicyclic) bond motifs is 12. The van der Waals surface area contributed by atoms with E-state index in [0.29, 0.717) is 0 Å². The maximum Gasteiger partial charge on any atom is 0.0886 e. The van der Waals surface area contributed by atoms with E-state index in [-0.39, 0.29) is 0 Å². The Hall–Kier alpha value is -14.3. The molecule has 0 amide bonds. The lowest BCUT2D eigenvalue weighted by Gasteiger charge is -2.26. The molecule has 498 valence electrons. The van der Waals surface area contributed by atoms with Gasteiger partial charge in [-0.25, -0.2) is 0 Å². The number of benzene rings is 14. The summed E-state index contributed by atoms with van der Waals surface area (Å²) in [5, 5.41) is 9.95. The summed E-state index contributed by atoms with van der Waals surface area (Å²) in [6.07, 6.45) is 12.4. The molecule has 0 spiro atoms. The molecule has 0 aliphatic rings. The summed E-state index contributed by atoms with van der Waals surface area (Å²) in [4.78, 5) is 14.5. The van der Waals surface area contributed by atoms with E-state index in [0.717, 1.165) is 90.5 Å². The van der Waals surface area contributed by atoms with Gasteiger partial charge in [-0.05, 0) is 204 Å². The molecular formula is C98H66N8. The number of pyridine rings is 2. The van der Waals surface area contributed by atoms with Gasteiger partial charge in [-0.15, -0.1) is 0 Å². The number of nitrogens with zero attached hydrogens (tertiary/aromatic N) is 8. The summed E-state index contributed by atoms with van der Waals surface area (Å²) in [7, 11) is 0. The quantitative estimate of drug-likeness (QED) is 0.103. The lowest BCUT2D eigenvalue weighted by Crippen LogP contribution is -2.10. The Morgan fingerprint density at radius 1 is 0.179 bits per heavy atom. The van der Waals surface area contributed by atoms with Crippen molar-refractivity contribution < 1.29 is 0 Å². The highest BCUT2D eigenvalue weighted by Crippen LogP contribution is 2.43. The van der Waals surface area contributed by atoms with Gasteiger partial charge in [0.2, 0.25) is 0 Å². The van der Waals surface area contributed by atoms with Crippen molar-refractivity contribution in [3.05, 3.63) is 399 Å². The van der Waals surface area contributed by atoms with Crippen LogP contribution in [0.3, 0.4) is 0 Å². The molecule has 6 aromatic heterocycles. The van der Waals surface area contributed by atoms with Crippen LogP contribution in [-0.4, -0.2) is 28.2 Å². The van der Waals surface area contributed by atoms with Crippen molar-refractivity contribution in [3.63, 3.8) is 0 Å². The van der Waals surface area contributed by atoms with Crippen LogP contribution in [0.15, 0.2) is 376 Å².